The summed E-state index contributed by atoms with van der Waals surface area (Å²) in [5.74, 6) is -3.90. The summed E-state index contributed by atoms with van der Waals surface area (Å²) >= 11 is 0.904. The molecule has 0 saturated heterocycles. The van der Waals surface area contributed by atoms with Crippen molar-refractivity contribution in [3.05, 3.63) is 64.2 Å². The number of hydrogen-bond donors (Lipinski definition) is 1. The Kier molecular flexibility index (Phi) is 6.61. The van der Waals surface area contributed by atoms with Crippen LogP contribution in [0, 0.1) is 21.7 Å². The van der Waals surface area contributed by atoms with E-state index in [-0.39, 0.29) is 17.1 Å². The lowest BCUT2D eigenvalue weighted by molar-refractivity contribution is -0.387. The summed E-state index contributed by atoms with van der Waals surface area (Å²) < 4.78 is 30.6. The third-order valence-corrected chi connectivity index (χ3v) is 4.01. The molecule has 0 fully saturated rings. The molecule has 0 bridgehead atoms. The fraction of sp³-hybridized carbons (Fsp3) is 0.125. The molecule has 1 amide bonds. The van der Waals surface area contributed by atoms with E-state index in [4.69, 9.17) is 4.74 Å². The molecule has 0 aliphatic heterocycles. The molecular formula is C16H12F2N2O5S. The van der Waals surface area contributed by atoms with Gasteiger partial charge in [0.15, 0.2) is 18.2 Å². The highest BCUT2D eigenvalue weighted by molar-refractivity contribution is 8.00. The summed E-state index contributed by atoms with van der Waals surface area (Å²) in [5.41, 5.74) is -0.124. The number of hydrogen-bond acceptors (Lipinski definition) is 6. The first kappa shape index (κ1) is 19.3. The van der Waals surface area contributed by atoms with Crippen molar-refractivity contribution in [3.8, 4) is 0 Å². The minimum absolute atomic E-state index is 0.0132. The van der Waals surface area contributed by atoms with Crippen molar-refractivity contribution < 1.29 is 28.0 Å². The van der Waals surface area contributed by atoms with Gasteiger partial charge >= 0.3 is 5.97 Å². The maximum absolute atomic E-state index is 13.0. The topological polar surface area (TPSA) is 98.5 Å². The van der Waals surface area contributed by atoms with Crippen LogP contribution in [0.1, 0.15) is 0 Å². The number of nitrogens with one attached hydrogen (secondary N) is 1. The Balaban J connectivity index is 1.80. The molecule has 10 heteroatoms. The van der Waals surface area contributed by atoms with Gasteiger partial charge in [-0.25, -0.2) is 8.78 Å². The van der Waals surface area contributed by atoms with Crippen molar-refractivity contribution in [3.63, 3.8) is 0 Å². The first-order valence-electron chi connectivity index (χ1n) is 7.13. The van der Waals surface area contributed by atoms with Crippen molar-refractivity contribution in [1.29, 1.82) is 0 Å². The summed E-state index contributed by atoms with van der Waals surface area (Å²) in [6, 6.07) is 8.69. The van der Waals surface area contributed by atoms with Crippen LogP contribution in [-0.4, -0.2) is 29.2 Å². The summed E-state index contributed by atoms with van der Waals surface area (Å²) in [6.07, 6.45) is 0. The number of nitro groups is 1. The molecule has 2 rings (SSSR count). The van der Waals surface area contributed by atoms with Gasteiger partial charge in [-0.05, 0) is 18.2 Å². The lowest BCUT2D eigenvalue weighted by atomic mass is 10.3. The van der Waals surface area contributed by atoms with E-state index in [1.54, 1.807) is 6.07 Å². The Bertz CT molecular complexity index is 847. The van der Waals surface area contributed by atoms with Gasteiger partial charge < -0.3 is 10.1 Å². The molecule has 0 radical (unpaired) electrons. The summed E-state index contributed by atoms with van der Waals surface area (Å²) in [6.45, 7) is -0.630. The lowest BCUT2D eigenvalue weighted by Gasteiger charge is -2.07. The van der Waals surface area contributed by atoms with E-state index in [0.29, 0.717) is 4.90 Å². The number of carbonyl (C=O) groups is 2. The number of ether oxygens (including phenoxy) is 1. The average molecular weight is 382 g/mol. The lowest BCUT2D eigenvalue weighted by Crippen LogP contribution is -2.21. The Labute approximate surface area is 150 Å². The molecule has 2 aromatic carbocycles. The number of amides is 1. The van der Waals surface area contributed by atoms with Crippen LogP contribution < -0.4 is 5.32 Å². The highest BCUT2D eigenvalue weighted by Crippen LogP contribution is 2.28. The molecule has 0 unspecified atom stereocenters. The largest absolute Gasteiger partial charge is 0.455 e. The number of esters is 1. The van der Waals surface area contributed by atoms with Crippen LogP contribution in [0.15, 0.2) is 47.4 Å². The van der Waals surface area contributed by atoms with Crippen molar-refractivity contribution in [1.82, 2.24) is 0 Å². The number of nitro benzene ring substituents is 1. The van der Waals surface area contributed by atoms with Crippen LogP contribution in [0.3, 0.4) is 0 Å². The number of nitrogens with zero attached hydrogens (tertiary/aromatic N) is 1. The van der Waals surface area contributed by atoms with E-state index in [2.05, 4.69) is 5.32 Å². The third kappa shape index (κ3) is 5.52. The number of rotatable bonds is 7. The second kappa shape index (κ2) is 8.90. The van der Waals surface area contributed by atoms with Gasteiger partial charge in [0.25, 0.3) is 11.6 Å². The van der Waals surface area contributed by atoms with Gasteiger partial charge in [-0.3, -0.25) is 19.7 Å². The smallest absolute Gasteiger partial charge is 0.316 e. The van der Waals surface area contributed by atoms with Gasteiger partial charge in [-0.15, -0.1) is 11.8 Å². The minimum atomic E-state index is -1.12. The maximum atomic E-state index is 13.0. The molecular weight excluding hydrogens is 370 g/mol. The standard InChI is InChI=1S/C16H12F2N2O5S/c17-11-6-5-10(7-12(11)18)19-15(21)8-25-16(22)9-26-14-4-2-1-3-13(14)20(23)24/h1-7H,8-9H2,(H,19,21). The number of halogens is 2. The van der Waals surface area contributed by atoms with Gasteiger partial charge in [0, 0.05) is 17.8 Å². The second-order valence-corrected chi connectivity index (χ2v) is 5.87. The molecule has 0 saturated carbocycles. The zero-order valence-corrected chi connectivity index (χ0v) is 13.9. The zero-order chi connectivity index (χ0) is 19.1. The first-order valence-corrected chi connectivity index (χ1v) is 8.12. The van der Waals surface area contributed by atoms with E-state index >= 15 is 0 Å². The number of anilines is 1. The Hall–Kier alpha value is -3.01. The Morgan fingerprint density at radius 3 is 2.58 bits per heavy atom. The van der Waals surface area contributed by atoms with Crippen LogP contribution in [0.25, 0.3) is 0 Å². The van der Waals surface area contributed by atoms with Crippen LogP contribution in [0.4, 0.5) is 20.2 Å². The Morgan fingerprint density at radius 2 is 1.88 bits per heavy atom. The Morgan fingerprint density at radius 1 is 1.15 bits per heavy atom. The van der Waals surface area contributed by atoms with Crippen LogP contribution >= 0.6 is 11.8 Å². The number of thioether (sulfide) groups is 1. The van der Waals surface area contributed by atoms with Crippen LogP contribution in [-0.2, 0) is 14.3 Å². The van der Waals surface area contributed by atoms with Crippen molar-refractivity contribution in [2.75, 3.05) is 17.7 Å². The molecule has 0 aromatic heterocycles. The molecule has 0 atom stereocenters. The molecule has 26 heavy (non-hydrogen) atoms. The van der Waals surface area contributed by atoms with Gasteiger partial charge in [-0.1, -0.05) is 12.1 Å². The maximum Gasteiger partial charge on any atom is 0.316 e. The van der Waals surface area contributed by atoms with Gasteiger partial charge in [0.2, 0.25) is 0 Å². The van der Waals surface area contributed by atoms with Crippen LogP contribution in [0.5, 0.6) is 0 Å². The minimum Gasteiger partial charge on any atom is -0.455 e. The van der Waals surface area contributed by atoms with Crippen molar-refractivity contribution >= 4 is 35.0 Å². The van der Waals surface area contributed by atoms with E-state index in [9.17, 15) is 28.5 Å². The molecule has 0 aliphatic rings. The SMILES string of the molecule is O=C(COC(=O)CSc1ccccc1[N+](=O)[O-])Nc1ccc(F)c(F)c1. The fourth-order valence-electron chi connectivity index (χ4n) is 1.83. The molecule has 0 heterocycles. The molecule has 2 aromatic rings. The number of benzene rings is 2. The normalized spacial score (nSPS) is 10.2. The van der Waals surface area contributed by atoms with Gasteiger partial charge in [-0.2, -0.15) is 0 Å². The van der Waals surface area contributed by atoms with Crippen LogP contribution in [0.2, 0.25) is 0 Å². The zero-order valence-electron chi connectivity index (χ0n) is 13.1. The molecule has 136 valence electrons. The van der Waals surface area contributed by atoms with Gasteiger partial charge in [0.1, 0.15) is 0 Å². The molecule has 0 spiro atoms. The summed E-state index contributed by atoms with van der Waals surface area (Å²) in [5, 5.41) is 13.1. The predicted molar refractivity (Wildman–Crippen MR) is 89.8 cm³/mol. The fourth-order valence-corrected chi connectivity index (χ4v) is 2.65. The quantitative estimate of drug-likeness (QED) is 0.342. The summed E-state index contributed by atoms with van der Waals surface area (Å²) in [7, 11) is 0. The van der Waals surface area contributed by atoms with E-state index in [0.717, 1.165) is 30.0 Å². The van der Waals surface area contributed by atoms with E-state index < -0.39 is 35.0 Å². The highest BCUT2D eigenvalue weighted by Gasteiger charge is 2.15. The monoisotopic (exact) mass is 382 g/mol. The average Bonchev–Trinajstić information content (AvgIpc) is 2.61. The molecule has 7 nitrogen and oxygen atoms in total. The first-order chi connectivity index (χ1) is 12.4. The molecule has 1 N–H and O–H groups in total. The van der Waals surface area contributed by atoms with Crippen molar-refractivity contribution in [2.24, 2.45) is 0 Å². The van der Waals surface area contributed by atoms with E-state index in [1.165, 1.54) is 18.2 Å². The van der Waals surface area contributed by atoms with Gasteiger partial charge in [0.05, 0.1) is 15.6 Å². The predicted octanol–water partition coefficient (Wildman–Crippen LogP) is 3.15. The van der Waals surface area contributed by atoms with Crippen molar-refractivity contribution in [2.45, 2.75) is 4.90 Å². The highest BCUT2D eigenvalue weighted by atomic mass is 32.2. The number of carbonyl (C=O) groups excluding carboxylic acids is 2. The second-order valence-electron chi connectivity index (χ2n) is 4.85. The molecule has 0 aliphatic carbocycles. The summed E-state index contributed by atoms with van der Waals surface area (Å²) in [4.78, 5) is 33.9. The number of para-hydroxylation sites is 1. The third-order valence-electron chi connectivity index (χ3n) is 2.98. The van der Waals surface area contributed by atoms with E-state index in [1.807, 2.05) is 0 Å².